The minimum absolute atomic E-state index is 0.178. The van der Waals surface area contributed by atoms with Crippen LogP contribution in [0.1, 0.15) is 11.4 Å². The molecule has 0 amide bonds. The summed E-state index contributed by atoms with van der Waals surface area (Å²) in [6.45, 7) is 0.0995. The predicted molar refractivity (Wildman–Crippen MR) is 64.6 cm³/mol. The Morgan fingerprint density at radius 2 is 2.06 bits per heavy atom. The lowest BCUT2D eigenvalue weighted by molar-refractivity contribution is 0.294. The van der Waals surface area contributed by atoms with E-state index >= 15 is 0 Å². The maximum absolute atomic E-state index is 8.61. The standard InChI is InChI=1S/C13H11N3O2/c17-6-1-3-11-7-12(9-14-8-11)18-10-13-15-4-2-5-16-13/h2,4-5,7-9,17H,6,10H2. The zero-order valence-corrected chi connectivity index (χ0v) is 9.58. The molecule has 0 fully saturated rings. The Labute approximate surface area is 105 Å². The van der Waals surface area contributed by atoms with Crippen LogP contribution in [0.3, 0.4) is 0 Å². The van der Waals surface area contributed by atoms with Crippen molar-refractivity contribution in [3.8, 4) is 17.6 Å². The van der Waals surface area contributed by atoms with Gasteiger partial charge in [-0.2, -0.15) is 0 Å². The summed E-state index contributed by atoms with van der Waals surface area (Å²) < 4.78 is 5.49. The minimum atomic E-state index is -0.178. The van der Waals surface area contributed by atoms with Crippen LogP contribution in [0, 0.1) is 11.8 Å². The van der Waals surface area contributed by atoms with Crippen LogP contribution in [0.15, 0.2) is 36.9 Å². The van der Waals surface area contributed by atoms with Crippen LogP contribution in [0.4, 0.5) is 0 Å². The van der Waals surface area contributed by atoms with E-state index in [1.807, 2.05) is 0 Å². The lowest BCUT2D eigenvalue weighted by Gasteiger charge is -2.04. The Hall–Kier alpha value is -2.45. The van der Waals surface area contributed by atoms with E-state index in [-0.39, 0.29) is 13.2 Å². The second-order valence-electron chi connectivity index (χ2n) is 3.32. The number of aliphatic hydroxyl groups is 1. The molecule has 0 radical (unpaired) electrons. The Balaban J connectivity index is 2.01. The normalized spacial score (nSPS) is 9.39. The summed E-state index contributed by atoms with van der Waals surface area (Å²) >= 11 is 0. The fraction of sp³-hybridized carbons (Fsp3) is 0.154. The monoisotopic (exact) mass is 241 g/mol. The number of pyridine rings is 1. The summed E-state index contributed by atoms with van der Waals surface area (Å²) in [5, 5.41) is 8.61. The number of hydrogen-bond acceptors (Lipinski definition) is 5. The fourth-order valence-electron chi connectivity index (χ4n) is 1.26. The maximum atomic E-state index is 8.61. The van der Waals surface area contributed by atoms with Gasteiger partial charge in [-0.25, -0.2) is 9.97 Å². The van der Waals surface area contributed by atoms with Crippen molar-refractivity contribution in [2.24, 2.45) is 0 Å². The van der Waals surface area contributed by atoms with Crippen molar-refractivity contribution in [3.63, 3.8) is 0 Å². The van der Waals surface area contributed by atoms with E-state index in [1.54, 1.807) is 36.9 Å². The first-order valence-corrected chi connectivity index (χ1v) is 5.32. The SMILES string of the molecule is OCC#Cc1cncc(OCc2ncccn2)c1. The lowest BCUT2D eigenvalue weighted by Crippen LogP contribution is -2.00. The number of hydrogen-bond donors (Lipinski definition) is 1. The molecule has 0 aromatic carbocycles. The second-order valence-corrected chi connectivity index (χ2v) is 3.32. The van der Waals surface area contributed by atoms with E-state index in [4.69, 9.17) is 9.84 Å². The Bertz CT molecular complexity index is 561. The molecule has 18 heavy (non-hydrogen) atoms. The average molecular weight is 241 g/mol. The van der Waals surface area contributed by atoms with Gasteiger partial charge in [-0.05, 0) is 12.1 Å². The molecule has 2 rings (SSSR count). The topological polar surface area (TPSA) is 68.1 Å². The highest BCUT2D eigenvalue weighted by atomic mass is 16.5. The van der Waals surface area contributed by atoms with Gasteiger partial charge in [0.15, 0.2) is 5.82 Å². The molecule has 0 unspecified atom stereocenters. The molecule has 1 N–H and O–H groups in total. The number of rotatable bonds is 3. The van der Waals surface area contributed by atoms with Gasteiger partial charge >= 0.3 is 0 Å². The van der Waals surface area contributed by atoms with Crippen molar-refractivity contribution in [2.45, 2.75) is 6.61 Å². The van der Waals surface area contributed by atoms with Gasteiger partial charge in [0, 0.05) is 24.2 Å². The molecule has 0 aliphatic rings. The molecule has 2 aromatic heterocycles. The van der Waals surface area contributed by atoms with Crippen LogP contribution in [0.5, 0.6) is 5.75 Å². The van der Waals surface area contributed by atoms with Gasteiger partial charge < -0.3 is 9.84 Å². The minimum Gasteiger partial charge on any atom is -0.484 e. The van der Waals surface area contributed by atoms with Crippen molar-refractivity contribution in [3.05, 3.63) is 48.3 Å². The molecule has 2 heterocycles. The second kappa shape index (κ2) is 6.33. The first-order valence-electron chi connectivity index (χ1n) is 5.32. The van der Waals surface area contributed by atoms with Gasteiger partial charge in [-0.1, -0.05) is 11.8 Å². The molecule has 90 valence electrons. The molecule has 0 aliphatic heterocycles. The van der Waals surface area contributed by atoms with Crippen LogP contribution < -0.4 is 4.74 Å². The third-order valence-electron chi connectivity index (χ3n) is 2.01. The number of nitrogens with zero attached hydrogens (tertiary/aromatic N) is 3. The summed E-state index contributed by atoms with van der Waals surface area (Å²) in [6.07, 6.45) is 6.52. The smallest absolute Gasteiger partial charge is 0.166 e. The highest BCUT2D eigenvalue weighted by molar-refractivity contribution is 5.36. The van der Waals surface area contributed by atoms with Crippen molar-refractivity contribution in [1.82, 2.24) is 15.0 Å². The van der Waals surface area contributed by atoms with Crippen molar-refractivity contribution < 1.29 is 9.84 Å². The Morgan fingerprint density at radius 1 is 1.22 bits per heavy atom. The summed E-state index contributed by atoms with van der Waals surface area (Å²) in [5.41, 5.74) is 0.690. The summed E-state index contributed by atoms with van der Waals surface area (Å²) in [5.74, 6) is 6.50. The first-order chi connectivity index (χ1) is 8.88. The van der Waals surface area contributed by atoms with Gasteiger partial charge in [0.05, 0.1) is 6.20 Å². The van der Waals surface area contributed by atoms with Gasteiger partial charge in [0.25, 0.3) is 0 Å². The molecule has 2 aromatic rings. The quantitative estimate of drug-likeness (QED) is 0.805. The molecule has 5 heteroatoms. The van der Waals surface area contributed by atoms with E-state index in [0.717, 1.165) is 0 Å². The fourth-order valence-corrected chi connectivity index (χ4v) is 1.26. The van der Waals surface area contributed by atoms with Gasteiger partial charge in [-0.3, -0.25) is 4.98 Å². The molecular weight excluding hydrogens is 230 g/mol. The molecule has 0 spiro atoms. The molecule has 5 nitrogen and oxygen atoms in total. The van der Waals surface area contributed by atoms with E-state index in [1.165, 1.54) is 0 Å². The average Bonchev–Trinajstić information content (AvgIpc) is 2.44. The summed E-state index contributed by atoms with van der Waals surface area (Å²) in [7, 11) is 0. The Kier molecular flexibility index (Phi) is 4.22. The van der Waals surface area contributed by atoms with Crippen molar-refractivity contribution >= 4 is 0 Å². The molecular formula is C13H11N3O2. The van der Waals surface area contributed by atoms with E-state index in [0.29, 0.717) is 17.1 Å². The number of ether oxygens (including phenoxy) is 1. The van der Waals surface area contributed by atoms with Crippen LogP contribution in [0.25, 0.3) is 0 Å². The highest BCUT2D eigenvalue weighted by Crippen LogP contribution is 2.11. The largest absolute Gasteiger partial charge is 0.484 e. The third kappa shape index (κ3) is 3.54. The lowest BCUT2D eigenvalue weighted by atomic mass is 10.3. The van der Waals surface area contributed by atoms with Crippen molar-refractivity contribution in [2.75, 3.05) is 6.61 Å². The summed E-state index contributed by atoms with van der Waals surface area (Å²) in [6, 6.07) is 3.49. The number of aromatic nitrogens is 3. The van der Waals surface area contributed by atoms with Crippen LogP contribution in [-0.4, -0.2) is 26.7 Å². The van der Waals surface area contributed by atoms with E-state index in [2.05, 4.69) is 26.8 Å². The maximum Gasteiger partial charge on any atom is 0.166 e. The Morgan fingerprint density at radius 3 is 2.83 bits per heavy atom. The predicted octanol–water partition coefficient (Wildman–Crippen LogP) is 0.794. The van der Waals surface area contributed by atoms with Crippen LogP contribution in [0.2, 0.25) is 0 Å². The van der Waals surface area contributed by atoms with E-state index < -0.39 is 0 Å². The zero-order chi connectivity index (χ0) is 12.6. The molecule has 0 aliphatic carbocycles. The third-order valence-corrected chi connectivity index (χ3v) is 2.01. The van der Waals surface area contributed by atoms with Crippen LogP contribution >= 0.6 is 0 Å². The zero-order valence-electron chi connectivity index (χ0n) is 9.58. The van der Waals surface area contributed by atoms with Gasteiger partial charge in [0.2, 0.25) is 0 Å². The number of aliphatic hydroxyl groups excluding tert-OH is 1. The molecule has 0 atom stereocenters. The van der Waals surface area contributed by atoms with Crippen molar-refractivity contribution in [1.29, 1.82) is 0 Å². The van der Waals surface area contributed by atoms with Crippen LogP contribution in [-0.2, 0) is 6.61 Å². The van der Waals surface area contributed by atoms with E-state index in [9.17, 15) is 0 Å². The molecule has 0 saturated carbocycles. The molecule has 0 saturated heterocycles. The first kappa shape index (κ1) is 12.0. The van der Waals surface area contributed by atoms with Gasteiger partial charge in [-0.15, -0.1) is 0 Å². The summed E-state index contributed by atoms with van der Waals surface area (Å²) in [4.78, 5) is 12.1. The highest BCUT2D eigenvalue weighted by Gasteiger charge is 1.98. The van der Waals surface area contributed by atoms with Gasteiger partial charge in [0.1, 0.15) is 19.0 Å². The molecule has 0 bridgehead atoms.